The maximum atomic E-state index is 12.3. The highest BCUT2D eigenvalue weighted by molar-refractivity contribution is 7.92. The first-order valence-corrected chi connectivity index (χ1v) is 7.88. The largest absolute Gasteiger partial charge is 0.274 e. The summed E-state index contributed by atoms with van der Waals surface area (Å²) in [4.78, 5) is 7.25. The van der Waals surface area contributed by atoms with Crippen molar-refractivity contribution in [2.45, 2.75) is 11.8 Å². The summed E-state index contributed by atoms with van der Waals surface area (Å²) >= 11 is 17.5. The SMILES string of the molecule is Cc1ccc(S(=O)(=O)Nc2c(Cl)ncnc2Cl)c(Cl)c1. The molecule has 106 valence electrons. The molecule has 0 spiro atoms. The van der Waals surface area contributed by atoms with Crippen LogP contribution in [0.4, 0.5) is 5.69 Å². The molecule has 5 nitrogen and oxygen atoms in total. The summed E-state index contributed by atoms with van der Waals surface area (Å²) in [7, 11) is -3.94. The molecule has 0 fully saturated rings. The number of aromatic nitrogens is 2. The van der Waals surface area contributed by atoms with E-state index in [9.17, 15) is 8.42 Å². The van der Waals surface area contributed by atoms with Crippen LogP contribution < -0.4 is 4.72 Å². The highest BCUT2D eigenvalue weighted by Crippen LogP contribution is 2.30. The van der Waals surface area contributed by atoms with Crippen LogP contribution in [-0.4, -0.2) is 18.4 Å². The lowest BCUT2D eigenvalue weighted by Gasteiger charge is -2.11. The first kappa shape index (κ1) is 15.3. The van der Waals surface area contributed by atoms with E-state index < -0.39 is 10.0 Å². The van der Waals surface area contributed by atoms with Gasteiger partial charge >= 0.3 is 0 Å². The Labute approximate surface area is 131 Å². The van der Waals surface area contributed by atoms with E-state index in [1.165, 1.54) is 6.07 Å². The lowest BCUT2D eigenvalue weighted by Crippen LogP contribution is -2.15. The summed E-state index contributed by atoms with van der Waals surface area (Å²) in [6.07, 6.45) is 1.13. The number of hydrogen-bond acceptors (Lipinski definition) is 4. The van der Waals surface area contributed by atoms with Gasteiger partial charge in [0.25, 0.3) is 10.0 Å². The molecular formula is C11H8Cl3N3O2S. The molecule has 1 aromatic heterocycles. The van der Waals surface area contributed by atoms with Gasteiger partial charge in [0, 0.05) is 0 Å². The Morgan fingerprint density at radius 3 is 2.25 bits per heavy atom. The number of aryl methyl sites for hydroxylation is 1. The summed E-state index contributed by atoms with van der Waals surface area (Å²) < 4.78 is 26.8. The topological polar surface area (TPSA) is 72.0 Å². The minimum atomic E-state index is -3.94. The smallest absolute Gasteiger partial charge is 0.263 e. The molecule has 1 heterocycles. The molecule has 0 atom stereocenters. The Bertz CT molecular complexity index is 745. The molecule has 20 heavy (non-hydrogen) atoms. The van der Waals surface area contributed by atoms with Crippen LogP contribution in [0.5, 0.6) is 0 Å². The molecule has 0 saturated heterocycles. The lowest BCUT2D eigenvalue weighted by molar-refractivity contribution is 0.601. The summed E-state index contributed by atoms with van der Waals surface area (Å²) in [5.74, 6) is 0. The van der Waals surface area contributed by atoms with Crippen molar-refractivity contribution in [3.8, 4) is 0 Å². The fourth-order valence-corrected chi connectivity index (χ4v) is 3.64. The molecule has 0 unspecified atom stereocenters. The van der Waals surface area contributed by atoms with Gasteiger partial charge in [-0.15, -0.1) is 0 Å². The van der Waals surface area contributed by atoms with Crippen molar-refractivity contribution >= 4 is 50.5 Å². The van der Waals surface area contributed by atoms with E-state index in [0.29, 0.717) is 0 Å². The molecule has 0 saturated carbocycles. The van der Waals surface area contributed by atoms with E-state index in [4.69, 9.17) is 34.8 Å². The van der Waals surface area contributed by atoms with Gasteiger partial charge < -0.3 is 0 Å². The second kappa shape index (κ2) is 5.73. The van der Waals surface area contributed by atoms with Crippen LogP contribution >= 0.6 is 34.8 Å². The van der Waals surface area contributed by atoms with Crippen LogP contribution in [-0.2, 0) is 10.0 Å². The van der Waals surface area contributed by atoms with Gasteiger partial charge in [0.05, 0.1) is 5.02 Å². The van der Waals surface area contributed by atoms with Gasteiger partial charge in [-0.2, -0.15) is 0 Å². The number of halogens is 3. The van der Waals surface area contributed by atoms with E-state index in [1.54, 1.807) is 19.1 Å². The Hall–Kier alpha value is -1.08. The maximum Gasteiger partial charge on any atom is 0.263 e. The molecule has 2 aromatic rings. The second-order valence-electron chi connectivity index (χ2n) is 3.87. The fraction of sp³-hybridized carbons (Fsp3) is 0.0909. The summed E-state index contributed by atoms with van der Waals surface area (Å²) in [6, 6.07) is 4.57. The number of hydrogen-bond donors (Lipinski definition) is 1. The zero-order valence-electron chi connectivity index (χ0n) is 10.1. The van der Waals surface area contributed by atoms with Crippen molar-refractivity contribution in [2.24, 2.45) is 0 Å². The van der Waals surface area contributed by atoms with Crippen LogP contribution in [0.1, 0.15) is 5.56 Å². The molecule has 0 aliphatic carbocycles. The molecule has 0 aliphatic rings. The first-order chi connectivity index (χ1) is 9.31. The Kier molecular flexibility index (Phi) is 4.39. The van der Waals surface area contributed by atoms with Crippen molar-refractivity contribution in [1.82, 2.24) is 9.97 Å². The third kappa shape index (κ3) is 3.15. The summed E-state index contributed by atoms with van der Waals surface area (Å²) in [6.45, 7) is 1.80. The summed E-state index contributed by atoms with van der Waals surface area (Å²) in [5.41, 5.74) is 0.750. The van der Waals surface area contributed by atoms with Crippen molar-refractivity contribution < 1.29 is 8.42 Å². The van der Waals surface area contributed by atoms with Gasteiger partial charge in [0.15, 0.2) is 10.3 Å². The number of nitrogens with zero attached hydrogens (tertiary/aromatic N) is 2. The van der Waals surface area contributed by atoms with Crippen LogP contribution in [0, 0.1) is 6.92 Å². The van der Waals surface area contributed by atoms with Gasteiger partial charge in [-0.25, -0.2) is 18.4 Å². The monoisotopic (exact) mass is 351 g/mol. The second-order valence-corrected chi connectivity index (χ2v) is 6.64. The predicted octanol–water partition coefficient (Wildman–Crippen LogP) is 3.55. The average molecular weight is 353 g/mol. The zero-order chi connectivity index (χ0) is 14.9. The first-order valence-electron chi connectivity index (χ1n) is 5.26. The molecule has 2 rings (SSSR count). The number of nitrogens with one attached hydrogen (secondary N) is 1. The van der Waals surface area contributed by atoms with Gasteiger partial charge in [0.1, 0.15) is 16.9 Å². The maximum absolute atomic E-state index is 12.3. The van der Waals surface area contributed by atoms with Crippen molar-refractivity contribution in [3.05, 3.63) is 45.4 Å². The molecule has 1 aromatic carbocycles. The van der Waals surface area contributed by atoms with Gasteiger partial charge in [0.2, 0.25) is 0 Å². The van der Waals surface area contributed by atoms with Crippen LogP contribution in [0.2, 0.25) is 15.3 Å². The minimum absolute atomic E-state index is 0.0826. The molecule has 1 N–H and O–H groups in total. The van der Waals surface area contributed by atoms with Crippen molar-refractivity contribution in [1.29, 1.82) is 0 Å². The van der Waals surface area contributed by atoms with E-state index in [-0.39, 0.29) is 25.9 Å². The highest BCUT2D eigenvalue weighted by atomic mass is 35.5. The van der Waals surface area contributed by atoms with Crippen molar-refractivity contribution in [3.63, 3.8) is 0 Å². The Morgan fingerprint density at radius 1 is 1.10 bits per heavy atom. The quantitative estimate of drug-likeness (QED) is 0.858. The molecule has 9 heteroatoms. The Morgan fingerprint density at radius 2 is 1.70 bits per heavy atom. The standard InChI is InChI=1S/C11H8Cl3N3O2S/c1-6-2-3-8(7(12)4-6)20(18,19)17-9-10(13)15-5-16-11(9)14/h2-5,17H,1H3. The van der Waals surface area contributed by atoms with Crippen LogP contribution in [0.15, 0.2) is 29.4 Å². The van der Waals surface area contributed by atoms with Gasteiger partial charge in [-0.05, 0) is 24.6 Å². The van der Waals surface area contributed by atoms with E-state index >= 15 is 0 Å². The van der Waals surface area contributed by atoms with E-state index in [0.717, 1.165) is 11.9 Å². The predicted molar refractivity (Wildman–Crippen MR) is 79.0 cm³/mol. The van der Waals surface area contributed by atoms with Gasteiger partial charge in [-0.1, -0.05) is 40.9 Å². The average Bonchev–Trinajstić information content (AvgIpc) is 2.33. The fourth-order valence-electron chi connectivity index (χ4n) is 1.44. The molecule has 0 aliphatic heterocycles. The molecule has 0 bridgehead atoms. The number of anilines is 1. The lowest BCUT2D eigenvalue weighted by atomic mass is 10.2. The molecule has 0 amide bonds. The van der Waals surface area contributed by atoms with E-state index in [1.807, 2.05) is 0 Å². The van der Waals surface area contributed by atoms with Crippen LogP contribution in [0.25, 0.3) is 0 Å². The number of sulfonamides is 1. The third-order valence-electron chi connectivity index (χ3n) is 2.37. The normalized spacial score (nSPS) is 11.4. The van der Waals surface area contributed by atoms with Gasteiger partial charge in [-0.3, -0.25) is 4.72 Å². The zero-order valence-corrected chi connectivity index (χ0v) is 13.1. The molecular weight excluding hydrogens is 345 g/mol. The Balaban J connectivity index is 2.46. The molecule has 0 radical (unpaired) electrons. The highest BCUT2D eigenvalue weighted by Gasteiger charge is 2.21. The third-order valence-corrected chi connectivity index (χ3v) is 4.77. The van der Waals surface area contributed by atoms with Crippen molar-refractivity contribution in [2.75, 3.05) is 4.72 Å². The number of rotatable bonds is 3. The summed E-state index contributed by atoms with van der Waals surface area (Å²) in [5, 5.41) is -0.102. The van der Waals surface area contributed by atoms with E-state index in [2.05, 4.69) is 14.7 Å². The van der Waals surface area contributed by atoms with Crippen LogP contribution in [0.3, 0.4) is 0 Å². The minimum Gasteiger partial charge on any atom is -0.274 e. The number of benzene rings is 1.